The highest BCUT2D eigenvalue weighted by Gasteiger charge is 2.22. The molecule has 15 heavy (non-hydrogen) atoms. The number of hydrogen-bond donors (Lipinski definition) is 1. The number of carbonyl (C=O) groups is 1. The largest absolute Gasteiger partial charge is 0.350 e. The van der Waals surface area contributed by atoms with Crippen molar-refractivity contribution in [1.29, 1.82) is 5.26 Å². The van der Waals surface area contributed by atoms with E-state index in [0.717, 1.165) is 18.4 Å². The Hall–Kier alpha value is -1.82. The maximum absolute atomic E-state index is 11.0. The molecule has 3 nitrogen and oxygen atoms in total. The average molecular weight is 200 g/mol. The first-order valence-electron chi connectivity index (χ1n) is 5.00. The topological polar surface area (TPSA) is 52.9 Å². The predicted octanol–water partition coefficient (Wildman–Crippen LogP) is 1.68. The molecule has 0 fully saturated rings. The number of fused-ring (bicyclic) bond motifs is 1. The lowest BCUT2D eigenvalue weighted by atomic mass is 10.0. The van der Waals surface area contributed by atoms with E-state index in [9.17, 15) is 4.79 Å². The van der Waals surface area contributed by atoms with E-state index >= 15 is 0 Å². The molecule has 1 aliphatic rings. The van der Waals surface area contributed by atoms with Gasteiger partial charge in [0, 0.05) is 6.92 Å². The summed E-state index contributed by atoms with van der Waals surface area (Å²) in [6.45, 7) is 1.52. The van der Waals surface area contributed by atoms with Gasteiger partial charge in [-0.25, -0.2) is 0 Å². The van der Waals surface area contributed by atoms with Crippen LogP contribution in [0.3, 0.4) is 0 Å². The molecule has 0 aliphatic heterocycles. The molecule has 0 aromatic heterocycles. The van der Waals surface area contributed by atoms with Crippen molar-refractivity contribution in [3.05, 3.63) is 34.9 Å². The van der Waals surface area contributed by atoms with Crippen LogP contribution in [0.1, 0.15) is 36.1 Å². The number of hydrogen-bond acceptors (Lipinski definition) is 2. The lowest BCUT2D eigenvalue weighted by Crippen LogP contribution is -2.24. The summed E-state index contributed by atoms with van der Waals surface area (Å²) in [5, 5.41) is 11.7. The first-order chi connectivity index (χ1) is 7.20. The van der Waals surface area contributed by atoms with Gasteiger partial charge in [-0.05, 0) is 36.1 Å². The summed E-state index contributed by atoms with van der Waals surface area (Å²) in [5.74, 6) is -0.0183. The van der Waals surface area contributed by atoms with Gasteiger partial charge in [-0.1, -0.05) is 6.07 Å². The van der Waals surface area contributed by atoms with Crippen molar-refractivity contribution in [2.24, 2.45) is 0 Å². The molecule has 1 aliphatic carbocycles. The summed E-state index contributed by atoms with van der Waals surface area (Å²) < 4.78 is 0. The molecule has 0 radical (unpaired) electrons. The molecule has 1 aromatic carbocycles. The number of benzene rings is 1. The van der Waals surface area contributed by atoms with Crippen LogP contribution in [0.25, 0.3) is 0 Å². The smallest absolute Gasteiger partial charge is 0.217 e. The molecule has 2 rings (SSSR count). The summed E-state index contributed by atoms with van der Waals surface area (Å²) in [6, 6.07) is 7.89. The second kappa shape index (κ2) is 3.74. The van der Waals surface area contributed by atoms with Gasteiger partial charge in [0.2, 0.25) is 5.91 Å². The molecule has 1 aromatic rings. The van der Waals surface area contributed by atoms with Crippen LogP contribution in [0, 0.1) is 11.3 Å². The lowest BCUT2D eigenvalue weighted by molar-refractivity contribution is -0.119. The third-order valence-corrected chi connectivity index (χ3v) is 2.73. The highest BCUT2D eigenvalue weighted by Crippen LogP contribution is 2.31. The molecule has 3 heteroatoms. The van der Waals surface area contributed by atoms with Gasteiger partial charge in [-0.15, -0.1) is 0 Å². The van der Waals surface area contributed by atoms with Gasteiger partial charge in [0.25, 0.3) is 0 Å². The van der Waals surface area contributed by atoms with Crippen LogP contribution in [0.15, 0.2) is 18.2 Å². The first-order valence-corrected chi connectivity index (χ1v) is 5.00. The van der Waals surface area contributed by atoms with Gasteiger partial charge in [0.05, 0.1) is 17.7 Å². The molecular formula is C12H12N2O. The fourth-order valence-electron chi connectivity index (χ4n) is 2.07. The van der Waals surface area contributed by atoms with Crippen molar-refractivity contribution < 1.29 is 4.79 Å². The zero-order chi connectivity index (χ0) is 10.8. The Balaban J connectivity index is 2.32. The van der Waals surface area contributed by atoms with Crippen molar-refractivity contribution in [3.63, 3.8) is 0 Å². The predicted molar refractivity (Wildman–Crippen MR) is 56.0 cm³/mol. The Kier molecular flexibility index (Phi) is 2.42. The number of aryl methyl sites for hydroxylation is 1. The van der Waals surface area contributed by atoms with E-state index in [1.54, 1.807) is 0 Å². The van der Waals surface area contributed by atoms with E-state index in [1.807, 2.05) is 18.2 Å². The van der Waals surface area contributed by atoms with Crippen molar-refractivity contribution in [3.8, 4) is 6.07 Å². The molecule has 1 atom stereocenters. The fraction of sp³-hybridized carbons (Fsp3) is 0.333. The fourth-order valence-corrected chi connectivity index (χ4v) is 2.07. The number of nitrogens with zero attached hydrogens (tertiary/aromatic N) is 1. The minimum atomic E-state index is -0.0183. The normalized spacial score (nSPS) is 18.0. The molecular weight excluding hydrogens is 188 g/mol. The number of amides is 1. The molecule has 76 valence electrons. The van der Waals surface area contributed by atoms with Crippen molar-refractivity contribution in [2.75, 3.05) is 0 Å². The average Bonchev–Trinajstić information content (AvgIpc) is 2.60. The van der Waals surface area contributed by atoms with E-state index in [2.05, 4.69) is 11.4 Å². The van der Waals surface area contributed by atoms with Gasteiger partial charge in [0.1, 0.15) is 0 Å². The zero-order valence-corrected chi connectivity index (χ0v) is 8.58. The number of nitrogens with one attached hydrogen (secondary N) is 1. The highest BCUT2D eigenvalue weighted by molar-refractivity contribution is 5.73. The van der Waals surface area contributed by atoms with Crippen LogP contribution >= 0.6 is 0 Å². The molecule has 0 saturated heterocycles. The lowest BCUT2D eigenvalue weighted by Gasteiger charge is -2.12. The van der Waals surface area contributed by atoms with Crippen molar-refractivity contribution >= 4 is 5.91 Å². The van der Waals surface area contributed by atoms with Gasteiger partial charge < -0.3 is 5.32 Å². The Morgan fingerprint density at radius 2 is 2.40 bits per heavy atom. The van der Waals surface area contributed by atoms with Crippen molar-refractivity contribution in [2.45, 2.75) is 25.8 Å². The van der Waals surface area contributed by atoms with E-state index in [0.29, 0.717) is 5.56 Å². The zero-order valence-electron chi connectivity index (χ0n) is 8.58. The molecule has 1 N–H and O–H groups in total. The third kappa shape index (κ3) is 1.84. The maximum Gasteiger partial charge on any atom is 0.217 e. The number of carbonyl (C=O) groups excluding carboxylic acids is 1. The third-order valence-electron chi connectivity index (χ3n) is 2.73. The van der Waals surface area contributed by atoms with E-state index in [1.165, 1.54) is 12.5 Å². The minimum absolute atomic E-state index is 0.0183. The van der Waals surface area contributed by atoms with Gasteiger partial charge in [0.15, 0.2) is 0 Å². The Morgan fingerprint density at radius 1 is 1.60 bits per heavy atom. The van der Waals surface area contributed by atoms with E-state index in [4.69, 9.17) is 5.26 Å². The SMILES string of the molecule is CC(=O)NC1CCc2ccc(C#N)cc21. The minimum Gasteiger partial charge on any atom is -0.350 e. The van der Waals surface area contributed by atoms with Gasteiger partial charge >= 0.3 is 0 Å². The maximum atomic E-state index is 11.0. The van der Waals surface area contributed by atoms with Crippen LogP contribution in [0.4, 0.5) is 0 Å². The monoisotopic (exact) mass is 200 g/mol. The summed E-state index contributed by atoms with van der Waals surface area (Å²) >= 11 is 0. The summed E-state index contributed by atoms with van der Waals surface area (Å²) in [6.07, 6.45) is 1.91. The first kappa shape index (κ1) is 9.72. The second-order valence-corrected chi connectivity index (χ2v) is 3.82. The summed E-state index contributed by atoms with van der Waals surface area (Å²) in [5.41, 5.74) is 3.00. The standard InChI is InChI=1S/C12H12N2O/c1-8(15)14-12-5-4-10-3-2-9(7-13)6-11(10)12/h2-3,6,12H,4-5H2,1H3,(H,14,15). The summed E-state index contributed by atoms with van der Waals surface area (Å²) in [4.78, 5) is 11.0. The van der Waals surface area contributed by atoms with Crippen LogP contribution in [0.2, 0.25) is 0 Å². The second-order valence-electron chi connectivity index (χ2n) is 3.82. The van der Waals surface area contributed by atoms with Crippen LogP contribution in [-0.4, -0.2) is 5.91 Å². The van der Waals surface area contributed by atoms with Crippen LogP contribution < -0.4 is 5.32 Å². The summed E-state index contributed by atoms with van der Waals surface area (Å²) in [7, 11) is 0. The van der Waals surface area contributed by atoms with E-state index in [-0.39, 0.29) is 11.9 Å². The molecule has 1 unspecified atom stereocenters. The number of nitriles is 1. The highest BCUT2D eigenvalue weighted by atomic mass is 16.1. The van der Waals surface area contributed by atoms with E-state index < -0.39 is 0 Å². The molecule has 1 amide bonds. The molecule has 0 spiro atoms. The molecule has 0 bridgehead atoms. The Bertz CT molecular complexity index is 445. The quantitative estimate of drug-likeness (QED) is 0.749. The Morgan fingerprint density at radius 3 is 3.07 bits per heavy atom. The number of rotatable bonds is 1. The van der Waals surface area contributed by atoms with Crippen molar-refractivity contribution in [1.82, 2.24) is 5.32 Å². The Labute approximate surface area is 88.7 Å². The van der Waals surface area contributed by atoms with Crippen LogP contribution in [-0.2, 0) is 11.2 Å². The van der Waals surface area contributed by atoms with Gasteiger partial charge in [-0.3, -0.25) is 4.79 Å². The van der Waals surface area contributed by atoms with Crippen LogP contribution in [0.5, 0.6) is 0 Å². The molecule has 0 saturated carbocycles. The molecule has 0 heterocycles. The van der Waals surface area contributed by atoms with Gasteiger partial charge in [-0.2, -0.15) is 5.26 Å².